The molecular formula is C29H20N2O6. The lowest BCUT2D eigenvalue weighted by molar-refractivity contribution is -0.122. The number of carbonyl (C=O) groups excluding carboxylic acids is 4. The van der Waals surface area contributed by atoms with Gasteiger partial charge in [-0.1, -0.05) is 48.5 Å². The Morgan fingerprint density at radius 1 is 0.811 bits per heavy atom. The van der Waals surface area contributed by atoms with Gasteiger partial charge < -0.3 is 9.47 Å². The van der Waals surface area contributed by atoms with E-state index in [1.807, 2.05) is 30.3 Å². The molecule has 0 spiro atoms. The number of esters is 1. The third kappa shape index (κ3) is 4.68. The lowest BCUT2D eigenvalue weighted by atomic mass is 10.0. The minimum absolute atomic E-state index is 0.212. The molecule has 1 N–H and O–H groups in total. The molecular weight excluding hydrogens is 472 g/mol. The highest BCUT2D eigenvalue weighted by molar-refractivity contribution is 6.39. The van der Waals surface area contributed by atoms with E-state index in [4.69, 9.17) is 9.47 Å². The Morgan fingerprint density at radius 2 is 1.49 bits per heavy atom. The second-order valence-electron chi connectivity index (χ2n) is 8.14. The van der Waals surface area contributed by atoms with Crippen molar-refractivity contribution >= 4 is 46.4 Å². The van der Waals surface area contributed by atoms with Gasteiger partial charge in [0.2, 0.25) is 0 Å². The van der Waals surface area contributed by atoms with Crippen molar-refractivity contribution in [2.24, 2.45) is 0 Å². The number of hydrogen-bond donors (Lipinski definition) is 1. The maximum absolute atomic E-state index is 13.1. The molecule has 5 rings (SSSR count). The molecule has 1 fully saturated rings. The molecule has 0 bridgehead atoms. The number of methoxy groups -OCH3 is 1. The third-order valence-electron chi connectivity index (χ3n) is 5.84. The Morgan fingerprint density at radius 3 is 2.22 bits per heavy atom. The number of imide groups is 2. The molecule has 4 aromatic rings. The number of amides is 4. The quantitative estimate of drug-likeness (QED) is 0.187. The van der Waals surface area contributed by atoms with Crippen molar-refractivity contribution in [1.29, 1.82) is 0 Å². The van der Waals surface area contributed by atoms with Gasteiger partial charge in [0.15, 0.2) is 0 Å². The standard InChI is InChI=1S/C29H20N2O6/c1-36-21-15-11-20(12-16-21)31-27(33)25(26(32)30-29(31)35)17-18-9-13-22(14-10-18)37-28(34)24-8-4-6-19-5-2-3-7-23(19)24/h2-17H,1H3,(H,30,32,35). The van der Waals surface area contributed by atoms with Crippen LogP contribution in [0.15, 0.2) is 96.6 Å². The lowest BCUT2D eigenvalue weighted by Crippen LogP contribution is -2.54. The van der Waals surface area contributed by atoms with Crippen molar-refractivity contribution in [3.8, 4) is 11.5 Å². The summed E-state index contributed by atoms with van der Waals surface area (Å²) in [6.45, 7) is 0. The van der Waals surface area contributed by atoms with E-state index in [-0.39, 0.29) is 11.3 Å². The van der Waals surface area contributed by atoms with E-state index in [0.717, 1.165) is 15.7 Å². The smallest absolute Gasteiger partial charge is 0.344 e. The largest absolute Gasteiger partial charge is 0.497 e. The predicted octanol–water partition coefficient (Wildman–Crippen LogP) is 4.73. The van der Waals surface area contributed by atoms with Gasteiger partial charge in [-0.3, -0.25) is 14.9 Å². The van der Waals surface area contributed by atoms with E-state index in [2.05, 4.69) is 5.32 Å². The maximum Gasteiger partial charge on any atom is 0.344 e. The zero-order valence-electron chi connectivity index (χ0n) is 19.6. The highest BCUT2D eigenvalue weighted by Gasteiger charge is 2.36. The van der Waals surface area contributed by atoms with Gasteiger partial charge in [-0.25, -0.2) is 14.5 Å². The Balaban J connectivity index is 1.36. The van der Waals surface area contributed by atoms with Crippen LogP contribution in [0.5, 0.6) is 11.5 Å². The van der Waals surface area contributed by atoms with Crippen molar-refractivity contribution in [1.82, 2.24) is 5.32 Å². The monoisotopic (exact) mass is 492 g/mol. The summed E-state index contributed by atoms with van der Waals surface area (Å²) in [6.07, 6.45) is 1.37. The molecule has 0 radical (unpaired) electrons. The molecule has 0 atom stereocenters. The predicted molar refractivity (Wildman–Crippen MR) is 137 cm³/mol. The van der Waals surface area contributed by atoms with Crippen LogP contribution >= 0.6 is 0 Å². The summed E-state index contributed by atoms with van der Waals surface area (Å²) in [4.78, 5) is 51.5. The van der Waals surface area contributed by atoms with Crippen LogP contribution < -0.4 is 19.7 Å². The number of hydrogen-bond acceptors (Lipinski definition) is 6. The van der Waals surface area contributed by atoms with Crippen LogP contribution in [0.4, 0.5) is 10.5 Å². The molecule has 4 amide bonds. The summed E-state index contributed by atoms with van der Waals surface area (Å²) < 4.78 is 10.6. The molecule has 1 heterocycles. The Labute approximate surface area is 211 Å². The second kappa shape index (κ2) is 9.79. The molecule has 1 aliphatic rings. The van der Waals surface area contributed by atoms with Crippen LogP contribution in [0, 0.1) is 0 Å². The summed E-state index contributed by atoms with van der Waals surface area (Å²) in [5, 5.41) is 3.90. The minimum Gasteiger partial charge on any atom is -0.497 e. The summed E-state index contributed by atoms with van der Waals surface area (Å²) in [6, 6.07) is 24.7. The number of fused-ring (bicyclic) bond motifs is 1. The molecule has 8 heteroatoms. The first kappa shape index (κ1) is 23.5. The molecule has 0 saturated carbocycles. The van der Waals surface area contributed by atoms with E-state index in [9.17, 15) is 19.2 Å². The molecule has 37 heavy (non-hydrogen) atoms. The number of rotatable bonds is 5. The summed E-state index contributed by atoms with van der Waals surface area (Å²) in [5.74, 6) is -1.20. The minimum atomic E-state index is -0.840. The van der Waals surface area contributed by atoms with E-state index in [1.54, 1.807) is 60.7 Å². The fourth-order valence-electron chi connectivity index (χ4n) is 3.99. The number of anilines is 1. The van der Waals surface area contributed by atoms with Crippen molar-refractivity contribution in [2.75, 3.05) is 12.0 Å². The van der Waals surface area contributed by atoms with E-state index >= 15 is 0 Å². The molecule has 182 valence electrons. The summed E-state index contributed by atoms with van der Waals surface area (Å²) >= 11 is 0. The van der Waals surface area contributed by atoms with Gasteiger partial charge in [0, 0.05) is 0 Å². The first-order valence-corrected chi connectivity index (χ1v) is 11.3. The van der Waals surface area contributed by atoms with Crippen LogP contribution in [-0.2, 0) is 9.59 Å². The van der Waals surface area contributed by atoms with E-state index in [0.29, 0.717) is 22.6 Å². The number of nitrogens with one attached hydrogen (secondary N) is 1. The van der Waals surface area contributed by atoms with Crippen molar-refractivity contribution in [2.45, 2.75) is 0 Å². The Bertz CT molecular complexity index is 1570. The molecule has 4 aromatic carbocycles. The van der Waals surface area contributed by atoms with Gasteiger partial charge in [0.05, 0.1) is 18.4 Å². The van der Waals surface area contributed by atoms with Gasteiger partial charge in [0.1, 0.15) is 17.1 Å². The SMILES string of the molecule is COc1ccc(N2C(=O)NC(=O)C(=Cc3ccc(OC(=O)c4cccc5ccccc45)cc3)C2=O)cc1. The maximum atomic E-state index is 13.1. The lowest BCUT2D eigenvalue weighted by Gasteiger charge is -2.26. The van der Waals surface area contributed by atoms with Gasteiger partial charge in [-0.15, -0.1) is 0 Å². The van der Waals surface area contributed by atoms with Crippen LogP contribution in [0.1, 0.15) is 15.9 Å². The normalized spacial score (nSPS) is 14.6. The molecule has 8 nitrogen and oxygen atoms in total. The number of carbonyl (C=O) groups is 4. The number of barbiturate groups is 1. The van der Waals surface area contributed by atoms with Crippen LogP contribution in [-0.4, -0.2) is 30.9 Å². The number of nitrogens with zero attached hydrogens (tertiary/aromatic N) is 1. The van der Waals surface area contributed by atoms with E-state index in [1.165, 1.54) is 13.2 Å². The van der Waals surface area contributed by atoms with Gasteiger partial charge in [-0.2, -0.15) is 0 Å². The topological polar surface area (TPSA) is 102 Å². The number of benzene rings is 4. The van der Waals surface area contributed by atoms with Crippen molar-refractivity contribution < 1.29 is 28.7 Å². The fraction of sp³-hybridized carbons (Fsp3) is 0.0345. The molecule has 0 aliphatic carbocycles. The first-order valence-electron chi connectivity index (χ1n) is 11.3. The second-order valence-corrected chi connectivity index (χ2v) is 8.14. The molecule has 0 aromatic heterocycles. The van der Waals surface area contributed by atoms with Crippen LogP contribution in [0.2, 0.25) is 0 Å². The van der Waals surface area contributed by atoms with Gasteiger partial charge in [-0.05, 0) is 64.9 Å². The molecule has 1 aliphatic heterocycles. The zero-order chi connectivity index (χ0) is 25.9. The Kier molecular flexibility index (Phi) is 6.22. The molecule has 0 unspecified atom stereocenters. The number of urea groups is 1. The van der Waals surface area contributed by atoms with E-state index < -0.39 is 23.8 Å². The average molecular weight is 492 g/mol. The van der Waals surface area contributed by atoms with Crippen LogP contribution in [0.3, 0.4) is 0 Å². The summed E-state index contributed by atoms with van der Waals surface area (Å²) in [5.41, 5.74) is 1.03. The fourth-order valence-corrected chi connectivity index (χ4v) is 3.99. The van der Waals surface area contributed by atoms with Gasteiger partial charge >= 0.3 is 12.0 Å². The highest BCUT2D eigenvalue weighted by Crippen LogP contribution is 2.25. The average Bonchev–Trinajstić information content (AvgIpc) is 2.92. The zero-order valence-corrected chi connectivity index (χ0v) is 19.6. The summed E-state index contributed by atoms with van der Waals surface area (Å²) in [7, 11) is 1.50. The van der Waals surface area contributed by atoms with Crippen LogP contribution in [0.25, 0.3) is 16.8 Å². The Hall–Kier alpha value is -5.24. The number of ether oxygens (including phenoxy) is 2. The first-order chi connectivity index (χ1) is 17.9. The van der Waals surface area contributed by atoms with Crippen molar-refractivity contribution in [3.63, 3.8) is 0 Å². The van der Waals surface area contributed by atoms with Gasteiger partial charge in [0.25, 0.3) is 11.8 Å². The van der Waals surface area contributed by atoms with Crippen molar-refractivity contribution in [3.05, 3.63) is 108 Å². The molecule has 1 saturated heterocycles. The highest BCUT2D eigenvalue weighted by atomic mass is 16.5. The third-order valence-corrected chi connectivity index (χ3v) is 5.84.